The molecule has 1 fully saturated rings. The van der Waals surface area contributed by atoms with Crippen molar-refractivity contribution in [3.8, 4) is 0 Å². The van der Waals surface area contributed by atoms with Crippen LogP contribution in [0.1, 0.15) is 18.2 Å². The van der Waals surface area contributed by atoms with Gasteiger partial charge in [0, 0.05) is 36.4 Å². The highest BCUT2D eigenvalue weighted by Crippen LogP contribution is 2.30. The minimum Gasteiger partial charge on any atom is -0.241 e. The summed E-state index contributed by atoms with van der Waals surface area (Å²) >= 11 is 5.66. The summed E-state index contributed by atoms with van der Waals surface area (Å²) in [7, 11) is -3.88. The molecule has 2 heterocycles. The van der Waals surface area contributed by atoms with Crippen molar-refractivity contribution < 1.29 is 12.8 Å². The van der Waals surface area contributed by atoms with E-state index in [1.807, 2.05) is 0 Å². The van der Waals surface area contributed by atoms with Crippen LogP contribution < -0.4 is 0 Å². The van der Waals surface area contributed by atoms with Crippen LogP contribution in [0.2, 0.25) is 5.02 Å². The Morgan fingerprint density at radius 3 is 2.68 bits per heavy atom. The number of benzene rings is 1. The van der Waals surface area contributed by atoms with Crippen molar-refractivity contribution in [2.75, 3.05) is 13.1 Å². The predicted octanol–water partition coefficient (Wildman–Crippen LogP) is 2.45. The molecule has 1 atom stereocenters. The van der Waals surface area contributed by atoms with E-state index in [9.17, 15) is 12.8 Å². The summed E-state index contributed by atoms with van der Waals surface area (Å²) in [5.41, 5.74) is 0. The lowest BCUT2D eigenvalue weighted by Crippen LogP contribution is -2.29. The molecule has 2 aromatic rings. The molecule has 8 heteroatoms. The van der Waals surface area contributed by atoms with Crippen LogP contribution in [0.3, 0.4) is 0 Å². The van der Waals surface area contributed by atoms with Gasteiger partial charge in [0.2, 0.25) is 10.0 Å². The maximum Gasteiger partial charge on any atom is 0.246 e. The number of sulfonamides is 1. The standard InChI is InChI=1S/C14H13ClFN3O2S/c15-11-2-3-13(12(16)8-11)22(20,21)19-7-4-10(9-19)14-17-5-1-6-18-14/h1-3,5-6,8,10H,4,7,9H2. The van der Waals surface area contributed by atoms with Crippen LogP contribution in [0, 0.1) is 5.82 Å². The lowest BCUT2D eigenvalue weighted by atomic mass is 10.1. The average molecular weight is 342 g/mol. The zero-order valence-corrected chi connectivity index (χ0v) is 13.1. The molecule has 1 saturated heterocycles. The fourth-order valence-corrected chi connectivity index (χ4v) is 4.21. The lowest BCUT2D eigenvalue weighted by molar-refractivity contribution is 0.464. The van der Waals surface area contributed by atoms with Crippen molar-refractivity contribution in [1.82, 2.24) is 14.3 Å². The fraction of sp³-hybridized carbons (Fsp3) is 0.286. The molecule has 0 N–H and O–H groups in total. The Balaban J connectivity index is 1.85. The van der Waals surface area contributed by atoms with E-state index in [0.29, 0.717) is 18.8 Å². The SMILES string of the molecule is O=S(=O)(c1ccc(Cl)cc1F)N1CCC(c2ncccn2)C1. The first-order valence-corrected chi connectivity index (χ1v) is 8.52. The zero-order valence-electron chi connectivity index (χ0n) is 11.5. The second-order valence-electron chi connectivity index (χ2n) is 5.03. The number of halogens is 2. The normalized spacial score (nSPS) is 19.5. The molecule has 1 aromatic heterocycles. The Hall–Kier alpha value is -1.57. The summed E-state index contributed by atoms with van der Waals surface area (Å²) in [6.45, 7) is 0.557. The third kappa shape index (κ3) is 2.84. The van der Waals surface area contributed by atoms with Gasteiger partial charge in [-0.05, 0) is 30.7 Å². The van der Waals surface area contributed by atoms with Gasteiger partial charge in [-0.15, -0.1) is 0 Å². The summed E-state index contributed by atoms with van der Waals surface area (Å²) in [6, 6.07) is 5.27. The smallest absolute Gasteiger partial charge is 0.241 e. The number of rotatable bonds is 3. The molecule has 0 aliphatic carbocycles. The first-order chi connectivity index (χ1) is 10.5. The van der Waals surface area contributed by atoms with Crippen LogP contribution in [0.25, 0.3) is 0 Å². The molecule has 0 radical (unpaired) electrons. The summed E-state index contributed by atoms with van der Waals surface area (Å²) in [6.07, 6.45) is 3.86. The van der Waals surface area contributed by atoms with E-state index in [1.54, 1.807) is 18.5 Å². The molecule has 1 aliphatic rings. The van der Waals surface area contributed by atoms with E-state index in [2.05, 4.69) is 9.97 Å². The number of aromatic nitrogens is 2. The molecule has 1 aromatic carbocycles. The quantitative estimate of drug-likeness (QED) is 0.860. The Morgan fingerprint density at radius 2 is 2.00 bits per heavy atom. The van der Waals surface area contributed by atoms with Gasteiger partial charge in [0.25, 0.3) is 0 Å². The molecular formula is C14H13ClFN3O2S. The van der Waals surface area contributed by atoms with Gasteiger partial charge < -0.3 is 0 Å². The van der Waals surface area contributed by atoms with Gasteiger partial charge in [-0.1, -0.05) is 11.6 Å². The number of nitrogens with zero attached hydrogens (tertiary/aromatic N) is 3. The van der Waals surface area contributed by atoms with Gasteiger partial charge in [0.1, 0.15) is 16.5 Å². The van der Waals surface area contributed by atoms with Crippen LogP contribution in [-0.4, -0.2) is 35.8 Å². The van der Waals surface area contributed by atoms with Gasteiger partial charge in [0.05, 0.1) is 0 Å². The van der Waals surface area contributed by atoms with Gasteiger partial charge in [-0.2, -0.15) is 4.31 Å². The first kappa shape index (κ1) is 15.3. The van der Waals surface area contributed by atoms with Crippen LogP contribution in [-0.2, 0) is 10.0 Å². The van der Waals surface area contributed by atoms with Crippen molar-refractivity contribution in [2.24, 2.45) is 0 Å². The van der Waals surface area contributed by atoms with Gasteiger partial charge in [0.15, 0.2) is 0 Å². The summed E-state index contributed by atoms with van der Waals surface area (Å²) < 4.78 is 40.3. The highest BCUT2D eigenvalue weighted by molar-refractivity contribution is 7.89. The first-order valence-electron chi connectivity index (χ1n) is 6.70. The highest BCUT2D eigenvalue weighted by Gasteiger charge is 2.35. The summed E-state index contributed by atoms with van der Waals surface area (Å²) in [5.74, 6) is -0.310. The minimum atomic E-state index is -3.88. The van der Waals surface area contributed by atoms with E-state index in [0.717, 1.165) is 6.07 Å². The molecule has 116 valence electrons. The van der Waals surface area contributed by atoms with Gasteiger partial charge in [-0.3, -0.25) is 0 Å². The Morgan fingerprint density at radius 1 is 1.27 bits per heavy atom. The summed E-state index contributed by atoms with van der Waals surface area (Å²) in [5, 5.41) is 0.161. The van der Waals surface area contributed by atoms with E-state index < -0.39 is 15.8 Å². The Bertz CT molecular complexity index is 786. The van der Waals surface area contributed by atoms with Crippen molar-refractivity contribution in [3.63, 3.8) is 0 Å². The number of hydrogen-bond acceptors (Lipinski definition) is 4. The summed E-state index contributed by atoms with van der Waals surface area (Å²) in [4.78, 5) is 7.95. The molecule has 3 rings (SSSR count). The topological polar surface area (TPSA) is 63.2 Å². The fourth-order valence-electron chi connectivity index (χ4n) is 2.50. The molecule has 0 amide bonds. The second-order valence-corrected chi connectivity index (χ2v) is 7.37. The van der Waals surface area contributed by atoms with E-state index in [1.165, 1.54) is 16.4 Å². The predicted molar refractivity (Wildman–Crippen MR) is 79.6 cm³/mol. The van der Waals surface area contributed by atoms with Gasteiger partial charge in [-0.25, -0.2) is 22.8 Å². The zero-order chi connectivity index (χ0) is 15.7. The van der Waals surface area contributed by atoms with Crippen molar-refractivity contribution in [1.29, 1.82) is 0 Å². The van der Waals surface area contributed by atoms with Crippen LogP contribution >= 0.6 is 11.6 Å². The lowest BCUT2D eigenvalue weighted by Gasteiger charge is -2.16. The molecule has 1 aliphatic heterocycles. The molecule has 1 unspecified atom stereocenters. The van der Waals surface area contributed by atoms with Crippen molar-refractivity contribution >= 4 is 21.6 Å². The van der Waals surface area contributed by atoms with Crippen LogP contribution in [0.5, 0.6) is 0 Å². The Labute approximate surface area is 132 Å². The molecule has 22 heavy (non-hydrogen) atoms. The van der Waals surface area contributed by atoms with E-state index in [4.69, 9.17) is 11.6 Å². The van der Waals surface area contributed by atoms with E-state index >= 15 is 0 Å². The molecule has 0 spiro atoms. The Kier molecular flexibility index (Phi) is 4.12. The third-order valence-corrected chi connectivity index (χ3v) is 5.75. The maximum absolute atomic E-state index is 13.9. The maximum atomic E-state index is 13.9. The van der Waals surface area contributed by atoms with Gasteiger partial charge >= 0.3 is 0 Å². The monoisotopic (exact) mass is 341 g/mol. The highest BCUT2D eigenvalue weighted by atomic mass is 35.5. The van der Waals surface area contributed by atoms with Crippen LogP contribution in [0.15, 0.2) is 41.6 Å². The van der Waals surface area contributed by atoms with Crippen LogP contribution in [0.4, 0.5) is 4.39 Å². The molecule has 0 saturated carbocycles. The van der Waals surface area contributed by atoms with Crippen molar-refractivity contribution in [3.05, 3.63) is 53.3 Å². The minimum absolute atomic E-state index is 0.0775. The number of hydrogen-bond donors (Lipinski definition) is 0. The second kappa shape index (κ2) is 5.91. The molecule has 0 bridgehead atoms. The van der Waals surface area contributed by atoms with E-state index in [-0.39, 0.29) is 22.4 Å². The average Bonchev–Trinajstić information content (AvgIpc) is 2.98. The molecule has 5 nitrogen and oxygen atoms in total. The molecular weight excluding hydrogens is 329 g/mol. The third-order valence-electron chi connectivity index (χ3n) is 3.61. The van der Waals surface area contributed by atoms with Crippen molar-refractivity contribution in [2.45, 2.75) is 17.2 Å². The largest absolute Gasteiger partial charge is 0.246 e.